The number of nitrogens with one attached hydrogen (secondary N) is 1. The first-order valence-corrected chi connectivity index (χ1v) is 5.66. The number of aliphatic hydroxyl groups is 1. The minimum atomic E-state index is -0.311. The summed E-state index contributed by atoms with van der Waals surface area (Å²) in [5.74, 6) is 1.93. The molecule has 0 aliphatic heterocycles. The van der Waals surface area contributed by atoms with Gasteiger partial charge in [0.05, 0.1) is 6.10 Å². The van der Waals surface area contributed by atoms with Crippen LogP contribution in [0.15, 0.2) is 0 Å². The fourth-order valence-electron chi connectivity index (χ4n) is 2.73. The summed E-state index contributed by atoms with van der Waals surface area (Å²) >= 11 is 0. The summed E-state index contributed by atoms with van der Waals surface area (Å²) in [6, 6.07) is 0. The molecule has 80 valence electrons. The van der Waals surface area contributed by atoms with E-state index in [2.05, 4.69) is 5.32 Å². The largest absolute Gasteiger partial charge is 0.393 e. The van der Waals surface area contributed by atoms with Crippen LogP contribution in [-0.2, 0) is 4.79 Å². The molecule has 0 aromatic rings. The van der Waals surface area contributed by atoms with E-state index in [0.29, 0.717) is 30.7 Å². The molecule has 1 amide bonds. The van der Waals surface area contributed by atoms with Gasteiger partial charge < -0.3 is 10.4 Å². The summed E-state index contributed by atoms with van der Waals surface area (Å²) < 4.78 is 0. The Labute approximate surface area is 84.9 Å². The lowest BCUT2D eigenvalue weighted by Gasteiger charge is -2.07. The first kappa shape index (κ1) is 9.97. The number of hydrogen-bond donors (Lipinski definition) is 2. The molecule has 0 spiro atoms. The highest BCUT2D eigenvalue weighted by Gasteiger charge is 2.56. The molecule has 3 heteroatoms. The second kappa shape index (κ2) is 3.89. The van der Waals surface area contributed by atoms with Crippen LogP contribution in [0.1, 0.15) is 32.6 Å². The van der Waals surface area contributed by atoms with E-state index >= 15 is 0 Å². The molecule has 2 aliphatic rings. The van der Waals surface area contributed by atoms with Gasteiger partial charge in [0.1, 0.15) is 0 Å². The smallest absolute Gasteiger partial charge is 0.223 e. The van der Waals surface area contributed by atoms with Gasteiger partial charge in [0.25, 0.3) is 0 Å². The second-order valence-corrected chi connectivity index (χ2v) is 4.71. The number of amides is 1. The Morgan fingerprint density at radius 1 is 1.50 bits per heavy atom. The monoisotopic (exact) mass is 197 g/mol. The Morgan fingerprint density at radius 2 is 2.14 bits per heavy atom. The predicted molar refractivity (Wildman–Crippen MR) is 53.6 cm³/mol. The summed E-state index contributed by atoms with van der Waals surface area (Å²) in [5, 5.41) is 11.9. The zero-order chi connectivity index (χ0) is 10.1. The van der Waals surface area contributed by atoms with Crippen molar-refractivity contribution in [3.63, 3.8) is 0 Å². The third-order valence-corrected chi connectivity index (χ3v) is 3.57. The number of fused-ring (bicyclic) bond motifs is 1. The van der Waals surface area contributed by atoms with E-state index in [1.165, 1.54) is 19.3 Å². The van der Waals surface area contributed by atoms with Gasteiger partial charge in [0, 0.05) is 12.5 Å². The molecule has 0 radical (unpaired) electrons. The van der Waals surface area contributed by atoms with Crippen molar-refractivity contribution in [3.05, 3.63) is 0 Å². The van der Waals surface area contributed by atoms with Crippen molar-refractivity contribution in [2.75, 3.05) is 6.54 Å². The molecule has 3 unspecified atom stereocenters. The third-order valence-electron chi connectivity index (χ3n) is 3.57. The Kier molecular flexibility index (Phi) is 2.77. The highest BCUT2D eigenvalue weighted by Crippen LogP contribution is 2.57. The number of carbonyl (C=O) groups excluding carboxylic acids is 1. The van der Waals surface area contributed by atoms with Gasteiger partial charge >= 0.3 is 0 Å². The van der Waals surface area contributed by atoms with Crippen molar-refractivity contribution in [2.24, 2.45) is 17.8 Å². The minimum Gasteiger partial charge on any atom is -0.393 e. The number of rotatable bonds is 4. The van der Waals surface area contributed by atoms with Crippen LogP contribution in [0.5, 0.6) is 0 Å². The van der Waals surface area contributed by atoms with Gasteiger partial charge in [-0.2, -0.15) is 0 Å². The highest BCUT2D eigenvalue weighted by molar-refractivity contribution is 5.82. The maximum Gasteiger partial charge on any atom is 0.223 e. The Balaban J connectivity index is 1.65. The maximum absolute atomic E-state index is 11.6. The fraction of sp³-hybridized carbons (Fsp3) is 0.909. The zero-order valence-corrected chi connectivity index (χ0v) is 8.70. The molecule has 3 nitrogen and oxygen atoms in total. The molecule has 0 bridgehead atoms. The molecule has 2 aliphatic carbocycles. The summed E-state index contributed by atoms with van der Waals surface area (Å²) in [6.07, 6.45) is 4.16. The van der Waals surface area contributed by atoms with Crippen LogP contribution in [0.2, 0.25) is 0 Å². The summed E-state index contributed by atoms with van der Waals surface area (Å²) in [6.45, 7) is 2.37. The molecule has 0 saturated heterocycles. The molecule has 3 atom stereocenters. The van der Waals surface area contributed by atoms with Crippen molar-refractivity contribution in [3.8, 4) is 0 Å². The third kappa shape index (κ3) is 1.92. The summed E-state index contributed by atoms with van der Waals surface area (Å²) in [4.78, 5) is 11.6. The van der Waals surface area contributed by atoms with Crippen LogP contribution in [-0.4, -0.2) is 23.7 Å². The Hall–Kier alpha value is -0.570. The van der Waals surface area contributed by atoms with Crippen LogP contribution in [0, 0.1) is 17.8 Å². The predicted octanol–water partition coefficient (Wildman–Crippen LogP) is 0.920. The van der Waals surface area contributed by atoms with Gasteiger partial charge in [-0.15, -0.1) is 0 Å². The molecule has 0 aromatic heterocycles. The van der Waals surface area contributed by atoms with E-state index in [-0.39, 0.29) is 12.0 Å². The second-order valence-electron chi connectivity index (χ2n) is 4.71. The van der Waals surface area contributed by atoms with Gasteiger partial charge in [-0.3, -0.25) is 4.79 Å². The Bertz CT molecular complexity index is 217. The lowest BCUT2D eigenvalue weighted by Crippen LogP contribution is -2.29. The Morgan fingerprint density at radius 3 is 2.71 bits per heavy atom. The number of carbonyl (C=O) groups is 1. The van der Waals surface area contributed by atoms with E-state index in [4.69, 9.17) is 5.11 Å². The van der Waals surface area contributed by atoms with E-state index in [9.17, 15) is 4.79 Å². The molecular formula is C11H19NO2. The quantitative estimate of drug-likeness (QED) is 0.704. The van der Waals surface area contributed by atoms with E-state index in [1.807, 2.05) is 0 Å². The molecule has 0 aromatic carbocycles. The van der Waals surface area contributed by atoms with Gasteiger partial charge in [0.2, 0.25) is 5.91 Å². The van der Waals surface area contributed by atoms with E-state index in [0.717, 1.165) is 0 Å². The molecule has 0 heterocycles. The highest BCUT2D eigenvalue weighted by atomic mass is 16.3. The van der Waals surface area contributed by atoms with Crippen molar-refractivity contribution in [1.82, 2.24) is 5.32 Å². The number of hydrogen-bond acceptors (Lipinski definition) is 2. The fourth-order valence-corrected chi connectivity index (χ4v) is 2.73. The van der Waals surface area contributed by atoms with Gasteiger partial charge in [-0.25, -0.2) is 0 Å². The van der Waals surface area contributed by atoms with Crippen molar-refractivity contribution in [1.29, 1.82) is 0 Å². The summed E-state index contributed by atoms with van der Waals surface area (Å²) in [7, 11) is 0. The van der Waals surface area contributed by atoms with E-state index in [1.54, 1.807) is 6.92 Å². The van der Waals surface area contributed by atoms with Crippen LogP contribution in [0.25, 0.3) is 0 Å². The van der Waals surface area contributed by atoms with E-state index < -0.39 is 0 Å². The SMILES string of the molecule is CC(O)CCNC(=O)C1C2CCCC21. The van der Waals surface area contributed by atoms with Gasteiger partial charge in [0.15, 0.2) is 0 Å². The van der Waals surface area contributed by atoms with Crippen LogP contribution >= 0.6 is 0 Å². The van der Waals surface area contributed by atoms with Crippen molar-refractivity contribution in [2.45, 2.75) is 38.7 Å². The minimum absolute atomic E-state index is 0.223. The van der Waals surface area contributed by atoms with Crippen LogP contribution in [0.4, 0.5) is 0 Å². The first-order chi connectivity index (χ1) is 6.70. The van der Waals surface area contributed by atoms with Crippen LogP contribution in [0.3, 0.4) is 0 Å². The molecule has 14 heavy (non-hydrogen) atoms. The summed E-state index contributed by atoms with van der Waals surface area (Å²) in [5.41, 5.74) is 0. The molecule has 2 N–H and O–H groups in total. The molecule has 2 rings (SSSR count). The number of aliphatic hydroxyl groups excluding tert-OH is 1. The normalized spacial score (nSPS) is 36.3. The topological polar surface area (TPSA) is 49.3 Å². The molecule has 2 saturated carbocycles. The lowest BCUT2D eigenvalue weighted by atomic mass is 10.1. The van der Waals surface area contributed by atoms with Gasteiger partial charge in [-0.05, 0) is 38.0 Å². The lowest BCUT2D eigenvalue weighted by molar-refractivity contribution is -0.123. The van der Waals surface area contributed by atoms with Crippen molar-refractivity contribution < 1.29 is 9.90 Å². The standard InChI is InChI=1S/C11H19NO2/c1-7(13)5-6-12-11(14)10-8-3-2-4-9(8)10/h7-10,13H,2-6H2,1H3,(H,12,14). The average Bonchev–Trinajstić information content (AvgIpc) is 2.60. The molecule has 2 fully saturated rings. The zero-order valence-electron chi connectivity index (χ0n) is 8.70. The molecular weight excluding hydrogens is 178 g/mol. The van der Waals surface area contributed by atoms with Crippen molar-refractivity contribution >= 4 is 5.91 Å². The average molecular weight is 197 g/mol. The van der Waals surface area contributed by atoms with Crippen LogP contribution < -0.4 is 5.32 Å². The first-order valence-electron chi connectivity index (χ1n) is 5.66. The maximum atomic E-state index is 11.6. The van der Waals surface area contributed by atoms with Gasteiger partial charge in [-0.1, -0.05) is 6.42 Å².